The van der Waals surface area contributed by atoms with Crippen LogP contribution in [0.3, 0.4) is 0 Å². The molecule has 3 rings (SSSR count). The van der Waals surface area contributed by atoms with E-state index in [0.29, 0.717) is 36.3 Å². The molecule has 0 saturated heterocycles. The summed E-state index contributed by atoms with van der Waals surface area (Å²) in [5.74, 6) is 2.23. The van der Waals surface area contributed by atoms with E-state index in [0.717, 1.165) is 17.3 Å². The van der Waals surface area contributed by atoms with Crippen LogP contribution in [0, 0.1) is 5.92 Å². The van der Waals surface area contributed by atoms with E-state index in [4.69, 9.17) is 4.42 Å². The highest BCUT2D eigenvalue weighted by Crippen LogP contribution is 2.25. The average Bonchev–Trinajstić information content (AvgIpc) is 3.34. The molecule has 6 nitrogen and oxygen atoms in total. The lowest BCUT2D eigenvalue weighted by molar-refractivity contribution is -0.128. The molecule has 0 fully saturated rings. The van der Waals surface area contributed by atoms with E-state index in [1.807, 2.05) is 58.9 Å². The Labute approximate surface area is 169 Å². The fourth-order valence-electron chi connectivity index (χ4n) is 2.91. The summed E-state index contributed by atoms with van der Waals surface area (Å²) < 4.78 is 7.53. The van der Waals surface area contributed by atoms with Gasteiger partial charge >= 0.3 is 0 Å². The minimum Gasteiger partial charge on any atom is -0.461 e. The molecule has 0 spiro atoms. The van der Waals surface area contributed by atoms with E-state index in [-0.39, 0.29) is 5.91 Å². The third kappa shape index (κ3) is 5.04. The van der Waals surface area contributed by atoms with Crippen LogP contribution in [0.25, 0.3) is 11.6 Å². The van der Waals surface area contributed by atoms with Crippen LogP contribution in [0.15, 0.2) is 58.3 Å². The van der Waals surface area contributed by atoms with Gasteiger partial charge in [0.05, 0.1) is 12.0 Å². The van der Waals surface area contributed by atoms with Gasteiger partial charge in [0.2, 0.25) is 5.91 Å². The van der Waals surface area contributed by atoms with Gasteiger partial charge in [0.25, 0.3) is 0 Å². The first-order chi connectivity index (χ1) is 13.6. The fourth-order valence-corrected chi connectivity index (χ4v) is 3.76. The Morgan fingerprint density at radius 3 is 2.61 bits per heavy atom. The van der Waals surface area contributed by atoms with Gasteiger partial charge in [0, 0.05) is 19.6 Å². The van der Waals surface area contributed by atoms with Gasteiger partial charge in [0.15, 0.2) is 16.7 Å². The number of aromatic nitrogens is 3. The molecule has 1 aromatic carbocycles. The SMILES string of the molecule is CCN(Cc1ccccc1)C(=O)CSc1nnc(-c2ccco2)n1CC(C)C. The third-order valence-corrected chi connectivity index (χ3v) is 5.23. The average molecular weight is 399 g/mol. The molecule has 1 amide bonds. The molecule has 2 aromatic heterocycles. The monoisotopic (exact) mass is 398 g/mol. The van der Waals surface area contributed by atoms with E-state index < -0.39 is 0 Å². The van der Waals surface area contributed by atoms with Crippen molar-refractivity contribution in [1.82, 2.24) is 19.7 Å². The van der Waals surface area contributed by atoms with Crippen molar-refractivity contribution in [2.24, 2.45) is 5.92 Å². The van der Waals surface area contributed by atoms with Crippen molar-refractivity contribution >= 4 is 17.7 Å². The molecular weight excluding hydrogens is 372 g/mol. The zero-order valence-electron chi connectivity index (χ0n) is 16.5. The first-order valence-electron chi connectivity index (χ1n) is 9.50. The Kier molecular flexibility index (Phi) is 6.92. The van der Waals surface area contributed by atoms with Gasteiger partial charge in [-0.1, -0.05) is 55.9 Å². The number of rotatable bonds is 9. The summed E-state index contributed by atoms with van der Waals surface area (Å²) in [5, 5.41) is 9.35. The number of amides is 1. The molecule has 0 atom stereocenters. The number of thioether (sulfide) groups is 1. The second kappa shape index (κ2) is 9.59. The number of hydrogen-bond acceptors (Lipinski definition) is 5. The van der Waals surface area contributed by atoms with Crippen LogP contribution in [0.4, 0.5) is 0 Å². The van der Waals surface area contributed by atoms with Crippen molar-refractivity contribution in [2.45, 2.75) is 39.0 Å². The summed E-state index contributed by atoms with van der Waals surface area (Å²) in [4.78, 5) is 14.6. The number of furan rings is 1. The molecule has 0 aliphatic carbocycles. The molecule has 28 heavy (non-hydrogen) atoms. The van der Waals surface area contributed by atoms with Crippen molar-refractivity contribution in [2.75, 3.05) is 12.3 Å². The Balaban J connectivity index is 1.70. The molecule has 0 aliphatic rings. The van der Waals surface area contributed by atoms with Crippen LogP contribution in [0.5, 0.6) is 0 Å². The first kappa shape index (κ1) is 20.2. The lowest BCUT2D eigenvalue weighted by Gasteiger charge is -2.21. The van der Waals surface area contributed by atoms with Crippen LogP contribution < -0.4 is 0 Å². The maximum atomic E-state index is 12.8. The van der Waals surface area contributed by atoms with Gasteiger partial charge in [0.1, 0.15) is 0 Å². The lowest BCUT2D eigenvalue weighted by Crippen LogP contribution is -2.31. The fraction of sp³-hybridized carbons (Fsp3) is 0.381. The Hall–Kier alpha value is -2.54. The third-order valence-electron chi connectivity index (χ3n) is 4.28. The predicted molar refractivity (Wildman–Crippen MR) is 111 cm³/mol. The summed E-state index contributed by atoms with van der Waals surface area (Å²) in [6, 6.07) is 13.8. The van der Waals surface area contributed by atoms with Gasteiger partial charge in [-0.2, -0.15) is 0 Å². The van der Waals surface area contributed by atoms with E-state index in [1.165, 1.54) is 11.8 Å². The van der Waals surface area contributed by atoms with Crippen LogP contribution in [0.2, 0.25) is 0 Å². The molecule has 148 valence electrons. The van der Waals surface area contributed by atoms with Crippen LogP contribution in [-0.2, 0) is 17.9 Å². The van der Waals surface area contributed by atoms with Crippen LogP contribution in [-0.4, -0.2) is 37.9 Å². The highest BCUT2D eigenvalue weighted by molar-refractivity contribution is 7.99. The molecular formula is C21H26N4O2S. The molecule has 0 N–H and O–H groups in total. The van der Waals surface area contributed by atoms with Gasteiger partial charge in [-0.3, -0.25) is 9.36 Å². The van der Waals surface area contributed by atoms with E-state index in [9.17, 15) is 4.79 Å². The standard InChI is InChI=1S/C21H26N4O2S/c1-4-24(14-17-9-6-5-7-10-17)19(26)15-28-21-23-22-20(18-11-8-12-27-18)25(21)13-16(2)3/h5-12,16H,4,13-15H2,1-3H3. The molecule has 0 bridgehead atoms. The van der Waals surface area contributed by atoms with E-state index in [1.54, 1.807) is 6.26 Å². The number of carbonyl (C=O) groups is 1. The molecule has 7 heteroatoms. The molecule has 2 heterocycles. The first-order valence-corrected chi connectivity index (χ1v) is 10.5. The van der Waals surface area contributed by atoms with Crippen LogP contribution in [0.1, 0.15) is 26.3 Å². The second-order valence-electron chi connectivity index (χ2n) is 6.97. The minimum atomic E-state index is 0.0926. The normalized spacial score (nSPS) is 11.1. The number of benzene rings is 1. The topological polar surface area (TPSA) is 64.2 Å². The smallest absolute Gasteiger partial charge is 0.233 e. The summed E-state index contributed by atoms with van der Waals surface area (Å²) in [5.41, 5.74) is 1.13. The minimum absolute atomic E-state index is 0.0926. The van der Waals surface area contributed by atoms with E-state index >= 15 is 0 Å². The molecule has 0 unspecified atom stereocenters. The van der Waals surface area contributed by atoms with Gasteiger partial charge in [-0.05, 0) is 30.5 Å². The maximum Gasteiger partial charge on any atom is 0.233 e. The van der Waals surface area contributed by atoms with Crippen molar-refractivity contribution in [3.05, 3.63) is 54.3 Å². The largest absolute Gasteiger partial charge is 0.461 e. The van der Waals surface area contributed by atoms with Crippen LogP contribution >= 0.6 is 11.8 Å². The summed E-state index contributed by atoms with van der Waals surface area (Å²) in [7, 11) is 0. The van der Waals surface area contributed by atoms with Crippen molar-refractivity contribution in [3.8, 4) is 11.6 Å². The Morgan fingerprint density at radius 2 is 1.96 bits per heavy atom. The summed E-state index contributed by atoms with van der Waals surface area (Å²) in [6.07, 6.45) is 1.63. The Bertz CT molecular complexity index is 875. The van der Waals surface area contributed by atoms with Gasteiger partial charge in [-0.25, -0.2) is 0 Å². The number of carbonyl (C=O) groups excluding carboxylic acids is 1. The predicted octanol–water partition coefficient (Wildman–Crippen LogP) is 4.33. The highest BCUT2D eigenvalue weighted by atomic mass is 32.2. The Morgan fingerprint density at radius 1 is 1.18 bits per heavy atom. The molecule has 0 aliphatic heterocycles. The number of nitrogens with zero attached hydrogens (tertiary/aromatic N) is 4. The summed E-state index contributed by atoms with van der Waals surface area (Å²) >= 11 is 1.43. The molecule has 0 saturated carbocycles. The molecule has 0 radical (unpaired) electrons. The van der Waals surface area contributed by atoms with E-state index in [2.05, 4.69) is 24.0 Å². The van der Waals surface area contributed by atoms with Gasteiger partial charge in [-0.15, -0.1) is 10.2 Å². The van der Waals surface area contributed by atoms with Crippen molar-refractivity contribution in [3.63, 3.8) is 0 Å². The van der Waals surface area contributed by atoms with Crippen molar-refractivity contribution in [1.29, 1.82) is 0 Å². The highest BCUT2D eigenvalue weighted by Gasteiger charge is 2.19. The van der Waals surface area contributed by atoms with Crippen molar-refractivity contribution < 1.29 is 9.21 Å². The van der Waals surface area contributed by atoms with Gasteiger partial charge < -0.3 is 9.32 Å². The summed E-state index contributed by atoms with van der Waals surface area (Å²) in [6.45, 7) is 8.34. The lowest BCUT2D eigenvalue weighted by atomic mass is 10.2. The quantitative estimate of drug-likeness (QED) is 0.502. The maximum absolute atomic E-state index is 12.8. The molecule has 3 aromatic rings. The number of hydrogen-bond donors (Lipinski definition) is 0. The zero-order chi connectivity index (χ0) is 19.9. The second-order valence-corrected chi connectivity index (χ2v) is 7.91. The zero-order valence-corrected chi connectivity index (χ0v) is 17.4.